The second-order valence-electron chi connectivity index (χ2n) is 6.07. The highest BCUT2D eigenvalue weighted by Crippen LogP contribution is 2.30. The van der Waals surface area contributed by atoms with Gasteiger partial charge in [0.2, 0.25) is 5.89 Å². The van der Waals surface area contributed by atoms with Crippen LogP contribution in [0.2, 0.25) is 5.02 Å². The zero-order chi connectivity index (χ0) is 19.7. The van der Waals surface area contributed by atoms with Gasteiger partial charge in [0, 0.05) is 5.56 Å². The summed E-state index contributed by atoms with van der Waals surface area (Å²) in [4.78, 5) is 16.5. The van der Waals surface area contributed by atoms with E-state index in [1.165, 1.54) is 6.26 Å². The Morgan fingerprint density at radius 2 is 2.04 bits per heavy atom. The molecule has 28 heavy (non-hydrogen) atoms. The fourth-order valence-corrected chi connectivity index (χ4v) is 3.00. The smallest absolute Gasteiger partial charge is 0.293 e. The van der Waals surface area contributed by atoms with Gasteiger partial charge in [-0.1, -0.05) is 17.7 Å². The third-order valence-electron chi connectivity index (χ3n) is 3.98. The first-order chi connectivity index (χ1) is 13.5. The Balaban J connectivity index is 1.56. The van der Waals surface area contributed by atoms with E-state index in [2.05, 4.69) is 15.6 Å². The number of hydrogen-bond donors (Lipinski definition) is 2. The molecule has 140 valence electrons. The highest BCUT2D eigenvalue weighted by atomic mass is 35.5. The molecule has 1 amide bonds. The van der Waals surface area contributed by atoms with Gasteiger partial charge in [0.25, 0.3) is 5.91 Å². The van der Waals surface area contributed by atoms with Crippen molar-refractivity contribution < 1.29 is 13.6 Å². The van der Waals surface area contributed by atoms with Crippen molar-refractivity contribution in [2.24, 2.45) is 0 Å². The van der Waals surface area contributed by atoms with E-state index in [-0.39, 0.29) is 10.9 Å². The summed E-state index contributed by atoms with van der Waals surface area (Å²) in [5.74, 6) is 0.167. The van der Waals surface area contributed by atoms with E-state index in [0.717, 1.165) is 16.6 Å². The molecule has 4 aromatic rings. The third kappa shape index (κ3) is 3.76. The molecule has 0 aliphatic carbocycles. The number of carbonyl (C=O) groups excluding carboxylic acids is 1. The van der Waals surface area contributed by atoms with E-state index in [1.54, 1.807) is 30.3 Å². The number of nitrogens with one attached hydrogen (secondary N) is 2. The summed E-state index contributed by atoms with van der Waals surface area (Å²) in [5, 5.41) is 5.97. The lowest BCUT2D eigenvalue weighted by Crippen LogP contribution is -2.33. The molecule has 2 heterocycles. The second kappa shape index (κ2) is 7.46. The average Bonchev–Trinajstić information content (AvgIpc) is 3.32. The lowest BCUT2D eigenvalue weighted by Gasteiger charge is -2.11. The van der Waals surface area contributed by atoms with E-state index in [9.17, 15) is 4.79 Å². The fourth-order valence-electron chi connectivity index (χ4n) is 2.64. The Hall–Kier alpha value is -3.16. The van der Waals surface area contributed by atoms with E-state index >= 15 is 0 Å². The number of amides is 1. The van der Waals surface area contributed by atoms with Crippen LogP contribution in [0.25, 0.3) is 22.6 Å². The van der Waals surface area contributed by atoms with Crippen molar-refractivity contribution in [1.82, 2.24) is 10.3 Å². The molecule has 0 aliphatic rings. The van der Waals surface area contributed by atoms with Crippen molar-refractivity contribution in [2.75, 3.05) is 5.32 Å². The maximum absolute atomic E-state index is 12.0. The lowest BCUT2D eigenvalue weighted by atomic mass is 10.2. The van der Waals surface area contributed by atoms with Gasteiger partial charge >= 0.3 is 0 Å². The van der Waals surface area contributed by atoms with Gasteiger partial charge in [-0.25, -0.2) is 4.98 Å². The first-order valence-corrected chi connectivity index (χ1v) is 9.11. The van der Waals surface area contributed by atoms with Crippen molar-refractivity contribution in [2.45, 2.75) is 6.92 Å². The maximum atomic E-state index is 12.0. The minimum absolute atomic E-state index is 0.0913. The molecule has 0 radical (unpaired) electrons. The quantitative estimate of drug-likeness (QED) is 0.452. The topological polar surface area (TPSA) is 80.3 Å². The van der Waals surface area contributed by atoms with Crippen LogP contribution in [0.5, 0.6) is 0 Å². The molecule has 2 aromatic heterocycles. The van der Waals surface area contributed by atoms with Gasteiger partial charge in [0.1, 0.15) is 5.52 Å². The Morgan fingerprint density at radius 3 is 2.82 bits per heavy atom. The molecule has 2 N–H and O–H groups in total. The van der Waals surface area contributed by atoms with Crippen LogP contribution < -0.4 is 10.6 Å². The Labute approximate surface area is 170 Å². The normalized spacial score (nSPS) is 10.8. The molecule has 8 heteroatoms. The minimum Gasteiger partial charge on any atom is -0.459 e. The number of halogens is 1. The summed E-state index contributed by atoms with van der Waals surface area (Å²) in [5.41, 5.74) is 3.81. The van der Waals surface area contributed by atoms with Crippen LogP contribution in [0, 0.1) is 6.92 Å². The number of carbonyl (C=O) groups is 1. The molecule has 0 aliphatic heterocycles. The zero-order valence-electron chi connectivity index (χ0n) is 14.7. The number of nitrogens with zero attached hydrogens (tertiary/aromatic N) is 1. The predicted octanol–water partition coefficient (Wildman–Crippen LogP) is 5.18. The van der Waals surface area contributed by atoms with Gasteiger partial charge in [-0.3, -0.25) is 10.1 Å². The number of anilines is 1. The van der Waals surface area contributed by atoms with Crippen molar-refractivity contribution >= 4 is 51.6 Å². The van der Waals surface area contributed by atoms with Crippen LogP contribution in [0.4, 0.5) is 5.69 Å². The van der Waals surface area contributed by atoms with Gasteiger partial charge < -0.3 is 14.2 Å². The largest absolute Gasteiger partial charge is 0.459 e. The Morgan fingerprint density at radius 1 is 1.18 bits per heavy atom. The number of fused-ring (bicyclic) bond motifs is 1. The summed E-state index contributed by atoms with van der Waals surface area (Å²) in [7, 11) is 0. The van der Waals surface area contributed by atoms with Crippen LogP contribution in [0.15, 0.2) is 63.6 Å². The van der Waals surface area contributed by atoms with Gasteiger partial charge in [0.15, 0.2) is 16.5 Å². The molecular formula is C20H14ClN3O3S. The number of furan rings is 1. The maximum Gasteiger partial charge on any atom is 0.293 e. The highest BCUT2D eigenvalue weighted by molar-refractivity contribution is 7.80. The molecule has 2 aromatic carbocycles. The number of thiocarbonyl (C=S) groups is 1. The molecule has 0 bridgehead atoms. The zero-order valence-corrected chi connectivity index (χ0v) is 16.2. The van der Waals surface area contributed by atoms with Crippen LogP contribution in [-0.4, -0.2) is 16.0 Å². The van der Waals surface area contributed by atoms with Gasteiger partial charge in [0.05, 0.1) is 17.0 Å². The third-order valence-corrected chi connectivity index (χ3v) is 4.51. The van der Waals surface area contributed by atoms with Gasteiger partial charge in [-0.05, 0) is 67.2 Å². The lowest BCUT2D eigenvalue weighted by molar-refractivity contribution is 0.0950. The number of hydrogen-bond acceptors (Lipinski definition) is 5. The molecule has 0 spiro atoms. The SMILES string of the molecule is Cc1ccc2nc(-c3ccc(Cl)c(NC(=S)NC(=O)c4ccco4)c3)oc2c1. The van der Waals surface area contributed by atoms with E-state index in [1.807, 2.05) is 25.1 Å². The molecule has 6 nitrogen and oxygen atoms in total. The van der Waals surface area contributed by atoms with Crippen molar-refractivity contribution in [3.63, 3.8) is 0 Å². The first kappa shape index (κ1) is 18.2. The number of oxazole rings is 1. The summed E-state index contributed by atoms with van der Waals surface area (Å²) in [6.45, 7) is 1.99. The average molecular weight is 412 g/mol. The summed E-state index contributed by atoms with van der Waals surface area (Å²) >= 11 is 11.4. The number of benzene rings is 2. The monoisotopic (exact) mass is 411 g/mol. The van der Waals surface area contributed by atoms with Crippen LogP contribution in [-0.2, 0) is 0 Å². The summed E-state index contributed by atoms with van der Waals surface area (Å²) in [6, 6.07) is 14.2. The molecule has 0 unspecified atom stereocenters. The van der Waals surface area contributed by atoms with E-state index in [4.69, 9.17) is 32.7 Å². The second-order valence-corrected chi connectivity index (χ2v) is 6.89. The highest BCUT2D eigenvalue weighted by Gasteiger charge is 2.14. The molecule has 0 saturated heterocycles. The van der Waals surface area contributed by atoms with Crippen molar-refractivity contribution in [1.29, 1.82) is 0 Å². The van der Waals surface area contributed by atoms with Crippen molar-refractivity contribution in [3.05, 3.63) is 71.1 Å². The van der Waals surface area contributed by atoms with Gasteiger partial charge in [-0.2, -0.15) is 0 Å². The Kier molecular flexibility index (Phi) is 4.85. The molecule has 0 saturated carbocycles. The minimum atomic E-state index is -0.455. The molecule has 4 rings (SSSR count). The standard InChI is InChI=1S/C20H14ClN3O3S/c1-11-4-7-14-17(9-11)27-19(22-14)12-5-6-13(21)15(10-12)23-20(28)24-18(25)16-3-2-8-26-16/h2-10H,1H3,(H2,23,24,25,28). The Bertz CT molecular complexity index is 1180. The number of rotatable bonds is 3. The van der Waals surface area contributed by atoms with E-state index < -0.39 is 5.91 Å². The van der Waals surface area contributed by atoms with E-state index in [0.29, 0.717) is 22.2 Å². The molecular weight excluding hydrogens is 398 g/mol. The van der Waals surface area contributed by atoms with Crippen molar-refractivity contribution in [3.8, 4) is 11.5 Å². The summed E-state index contributed by atoms with van der Waals surface area (Å²) < 4.78 is 10.9. The summed E-state index contributed by atoms with van der Waals surface area (Å²) in [6.07, 6.45) is 1.41. The van der Waals surface area contributed by atoms with Gasteiger partial charge in [-0.15, -0.1) is 0 Å². The fraction of sp³-hybridized carbons (Fsp3) is 0.0500. The number of aryl methyl sites for hydroxylation is 1. The van der Waals surface area contributed by atoms with Crippen LogP contribution in [0.1, 0.15) is 16.1 Å². The predicted molar refractivity (Wildman–Crippen MR) is 112 cm³/mol. The molecule has 0 atom stereocenters. The molecule has 0 fully saturated rings. The number of aromatic nitrogens is 1. The first-order valence-electron chi connectivity index (χ1n) is 8.32. The van der Waals surface area contributed by atoms with Crippen LogP contribution >= 0.6 is 23.8 Å². The van der Waals surface area contributed by atoms with Crippen LogP contribution in [0.3, 0.4) is 0 Å².